The van der Waals surface area contributed by atoms with Gasteiger partial charge in [0.05, 0.1) is 28.9 Å². The average Bonchev–Trinajstić information content (AvgIpc) is 3.00. The van der Waals surface area contributed by atoms with Crippen molar-refractivity contribution in [3.8, 4) is 5.75 Å². The van der Waals surface area contributed by atoms with E-state index in [2.05, 4.69) is 103 Å². The Hall–Kier alpha value is -1.22. The van der Waals surface area contributed by atoms with E-state index >= 15 is 0 Å². The number of rotatable bonds is 8. The van der Waals surface area contributed by atoms with E-state index in [1.165, 1.54) is 99.3 Å². The minimum absolute atomic E-state index is 0.111. The van der Waals surface area contributed by atoms with Crippen molar-refractivity contribution in [2.75, 3.05) is 7.11 Å². The van der Waals surface area contributed by atoms with Gasteiger partial charge >= 0.3 is 0 Å². The SMILES string of the molecule is COc1c(C(C)(C)C)cc(C(NS(=O)C(C)(C)C)c2ccccc2P(C23CC4CC(CC(C4)C2)C3)C23CC4CC(CC(C4)C2)C3)cc1C(C)(C)C. The predicted molar refractivity (Wildman–Crippen MR) is 218 cm³/mol. The number of methoxy groups -OCH3 is 1. The van der Waals surface area contributed by atoms with Crippen LogP contribution in [-0.2, 0) is 21.8 Å². The lowest BCUT2D eigenvalue weighted by molar-refractivity contribution is 0.0195. The molecule has 8 fully saturated rings. The van der Waals surface area contributed by atoms with E-state index < -0.39 is 18.9 Å². The first kappa shape index (κ1) is 36.7. The van der Waals surface area contributed by atoms with Crippen LogP contribution in [0.5, 0.6) is 5.75 Å². The van der Waals surface area contributed by atoms with Crippen LogP contribution in [0.1, 0.15) is 168 Å². The van der Waals surface area contributed by atoms with Gasteiger partial charge in [0, 0.05) is 11.1 Å². The molecule has 0 radical (unpaired) electrons. The summed E-state index contributed by atoms with van der Waals surface area (Å²) in [7, 11) is 0.156. The molecule has 1 N–H and O–H groups in total. The molecule has 2 aromatic carbocycles. The first-order valence-corrected chi connectivity index (χ1v) is 23.2. The van der Waals surface area contributed by atoms with Crippen molar-refractivity contribution in [1.82, 2.24) is 4.72 Å². The van der Waals surface area contributed by atoms with Crippen LogP contribution < -0.4 is 14.8 Å². The van der Waals surface area contributed by atoms with Crippen molar-refractivity contribution in [3.63, 3.8) is 0 Å². The zero-order chi connectivity index (χ0) is 36.3. The van der Waals surface area contributed by atoms with Crippen LogP contribution in [0.2, 0.25) is 0 Å². The fourth-order valence-corrected chi connectivity index (χ4v) is 19.6. The fraction of sp³-hybridized carbons (Fsp3) is 0.739. The van der Waals surface area contributed by atoms with Crippen molar-refractivity contribution in [2.24, 2.45) is 35.5 Å². The molecule has 0 heterocycles. The third kappa shape index (κ3) is 6.54. The first-order valence-electron chi connectivity index (χ1n) is 20.7. The quantitative estimate of drug-likeness (QED) is 0.275. The monoisotopic (exact) mass is 729 g/mol. The molecule has 8 aliphatic carbocycles. The molecule has 0 aliphatic heterocycles. The summed E-state index contributed by atoms with van der Waals surface area (Å²) < 4.78 is 24.2. The van der Waals surface area contributed by atoms with Gasteiger partial charge in [-0.25, -0.2) is 8.93 Å². The summed E-state index contributed by atoms with van der Waals surface area (Å²) in [4.78, 5) is 0. The molecule has 0 aromatic heterocycles. The van der Waals surface area contributed by atoms with E-state index in [0.29, 0.717) is 10.3 Å². The molecule has 0 spiro atoms. The van der Waals surface area contributed by atoms with E-state index in [-0.39, 0.29) is 21.6 Å². The Morgan fingerprint density at radius 2 is 1.08 bits per heavy atom. The van der Waals surface area contributed by atoms with Crippen molar-refractivity contribution < 1.29 is 8.95 Å². The molecule has 8 saturated carbocycles. The molecular weight excluding hydrogens is 662 g/mol. The second kappa shape index (κ2) is 12.7. The van der Waals surface area contributed by atoms with Crippen molar-refractivity contribution >= 4 is 24.2 Å². The molecule has 0 amide bonds. The standard InChI is InChI=1S/C46H68NO2PS/c1-42(2,3)37-21-35(22-38(41(37)49-10)43(4,5)6)40(47-51(48)44(7,8)9)36-13-11-12-14-39(36)50(45-23-29-15-30(24-45)17-31(16-29)25-45)46-26-32-18-33(27-46)20-34(19-32)28-46/h11-14,21-22,29-34,40,47H,15-20,23-28H2,1-10H3. The highest BCUT2D eigenvalue weighted by molar-refractivity contribution is 7.84. The predicted octanol–water partition coefficient (Wildman–Crippen LogP) is 11.5. The highest BCUT2D eigenvalue weighted by Crippen LogP contribution is 2.78. The Labute approximate surface area is 315 Å². The average molecular weight is 730 g/mol. The zero-order valence-electron chi connectivity index (χ0n) is 33.7. The molecule has 3 nitrogen and oxygen atoms in total. The van der Waals surface area contributed by atoms with Gasteiger partial charge in [0.2, 0.25) is 0 Å². The van der Waals surface area contributed by atoms with Crippen molar-refractivity contribution in [2.45, 2.75) is 171 Å². The molecule has 51 heavy (non-hydrogen) atoms. The minimum atomic E-state index is -1.25. The van der Waals surface area contributed by atoms with Gasteiger partial charge in [-0.2, -0.15) is 0 Å². The van der Waals surface area contributed by atoms with Gasteiger partial charge in [0.25, 0.3) is 0 Å². The summed E-state index contributed by atoms with van der Waals surface area (Å²) >= 11 is 0. The Morgan fingerprint density at radius 1 is 0.686 bits per heavy atom. The van der Waals surface area contributed by atoms with E-state index in [1.807, 2.05) is 7.11 Å². The summed E-state index contributed by atoms with van der Waals surface area (Å²) in [6.07, 6.45) is 17.8. The molecule has 2 aromatic rings. The van der Waals surface area contributed by atoms with Gasteiger partial charge < -0.3 is 4.74 Å². The van der Waals surface area contributed by atoms with Crippen LogP contribution in [0.3, 0.4) is 0 Å². The molecule has 0 saturated heterocycles. The summed E-state index contributed by atoms with van der Waals surface area (Å²) in [5.74, 6) is 6.65. The Kier molecular flexibility index (Phi) is 9.12. The van der Waals surface area contributed by atoms with Gasteiger partial charge in [0.1, 0.15) is 5.75 Å². The lowest BCUT2D eigenvalue weighted by Gasteiger charge is -2.67. The smallest absolute Gasteiger partial charge is 0.126 e. The Balaban J connectivity index is 1.35. The Morgan fingerprint density at radius 3 is 1.43 bits per heavy atom. The molecular formula is C46H68NO2PS. The fourth-order valence-electron chi connectivity index (χ4n) is 13.4. The normalized spacial score (nSPS) is 36.0. The molecule has 8 aliphatic rings. The maximum Gasteiger partial charge on any atom is 0.126 e. The second-order valence-electron chi connectivity index (χ2n) is 21.8. The van der Waals surface area contributed by atoms with Crippen LogP contribution in [0.4, 0.5) is 0 Å². The number of ether oxygens (including phenoxy) is 1. The van der Waals surface area contributed by atoms with Gasteiger partial charge in [-0.05, 0) is 183 Å². The lowest BCUT2D eigenvalue weighted by atomic mass is 9.55. The summed E-state index contributed by atoms with van der Waals surface area (Å²) in [5.41, 5.74) is 4.91. The molecule has 2 unspecified atom stereocenters. The number of hydrogen-bond donors (Lipinski definition) is 1. The van der Waals surface area contributed by atoms with Crippen LogP contribution in [0, 0.1) is 35.5 Å². The second-order valence-corrected chi connectivity index (χ2v) is 26.8. The molecule has 280 valence electrons. The number of benzene rings is 2. The maximum atomic E-state index is 14.4. The van der Waals surface area contributed by atoms with Crippen LogP contribution in [-0.4, -0.2) is 26.4 Å². The van der Waals surface area contributed by atoms with E-state index in [1.54, 1.807) is 5.30 Å². The third-order valence-corrected chi connectivity index (χ3v) is 19.9. The number of nitrogens with one attached hydrogen (secondary N) is 1. The highest BCUT2D eigenvalue weighted by atomic mass is 32.2. The van der Waals surface area contributed by atoms with Crippen LogP contribution >= 0.6 is 7.92 Å². The van der Waals surface area contributed by atoms with Gasteiger partial charge in [0.15, 0.2) is 0 Å². The summed E-state index contributed by atoms with van der Waals surface area (Å²) in [6.45, 7) is 20.2. The topological polar surface area (TPSA) is 38.3 Å². The first-order chi connectivity index (χ1) is 23.9. The molecule has 5 heteroatoms. The van der Waals surface area contributed by atoms with E-state index in [4.69, 9.17) is 4.74 Å². The lowest BCUT2D eigenvalue weighted by Crippen LogP contribution is -2.58. The van der Waals surface area contributed by atoms with Crippen LogP contribution in [0.15, 0.2) is 36.4 Å². The zero-order valence-corrected chi connectivity index (χ0v) is 35.4. The Bertz CT molecular complexity index is 1520. The molecule has 8 bridgehead atoms. The van der Waals surface area contributed by atoms with E-state index in [9.17, 15) is 4.21 Å². The highest BCUT2D eigenvalue weighted by Gasteiger charge is 2.63. The van der Waals surface area contributed by atoms with Crippen molar-refractivity contribution in [1.29, 1.82) is 0 Å². The van der Waals surface area contributed by atoms with Gasteiger partial charge in [-0.1, -0.05) is 73.7 Å². The number of hydrogen-bond acceptors (Lipinski definition) is 2. The summed E-state index contributed by atoms with van der Waals surface area (Å²) in [5, 5.41) is 2.60. The third-order valence-electron chi connectivity index (χ3n) is 14.5. The largest absolute Gasteiger partial charge is 0.496 e. The molecule has 10 rings (SSSR count). The minimum Gasteiger partial charge on any atom is -0.496 e. The van der Waals surface area contributed by atoms with Gasteiger partial charge in [-0.3, -0.25) is 0 Å². The van der Waals surface area contributed by atoms with Crippen molar-refractivity contribution in [3.05, 3.63) is 58.7 Å². The van der Waals surface area contributed by atoms with Gasteiger partial charge in [-0.15, -0.1) is 0 Å². The molecule has 2 atom stereocenters. The maximum absolute atomic E-state index is 14.4. The van der Waals surface area contributed by atoms with Crippen LogP contribution in [0.25, 0.3) is 0 Å². The van der Waals surface area contributed by atoms with E-state index in [0.717, 1.165) is 41.3 Å². The summed E-state index contributed by atoms with van der Waals surface area (Å²) in [6, 6.07) is 14.4.